The summed E-state index contributed by atoms with van der Waals surface area (Å²) in [5, 5.41) is 19.3. The molecule has 3 heterocycles. The first kappa shape index (κ1) is 27.6. The van der Waals surface area contributed by atoms with E-state index in [1.54, 1.807) is 11.0 Å². The van der Waals surface area contributed by atoms with Gasteiger partial charge in [0.2, 0.25) is 5.91 Å². The second kappa shape index (κ2) is 11.1. The zero-order valence-corrected chi connectivity index (χ0v) is 23.0. The third kappa shape index (κ3) is 4.57. The van der Waals surface area contributed by atoms with Gasteiger partial charge in [-0.15, -0.1) is 6.58 Å². The molecule has 0 saturated carbocycles. The van der Waals surface area contributed by atoms with Crippen molar-refractivity contribution in [3.63, 3.8) is 0 Å². The lowest BCUT2D eigenvalue weighted by atomic mass is 9.70. The SMILES string of the molecule is C=CCN(C(=O)[C@H]1N(CCCCO)C(=O)[C@@H]2[C@@H](C(=O)O)[C@@H]3O[C@@]21CC3Br)c1ccc(N(CC)CC)cc1. The molecule has 2 bridgehead atoms. The predicted octanol–water partition coefficient (Wildman–Crippen LogP) is 2.66. The van der Waals surface area contributed by atoms with E-state index >= 15 is 0 Å². The molecule has 0 aliphatic carbocycles. The third-order valence-electron chi connectivity index (χ3n) is 7.98. The van der Waals surface area contributed by atoms with Crippen LogP contribution in [-0.4, -0.2) is 88.3 Å². The number of ether oxygens (including phenoxy) is 1. The number of likely N-dealkylation sites (tertiary alicyclic amines) is 1. The smallest absolute Gasteiger partial charge is 0.310 e. The fraction of sp³-hybridized carbons (Fsp3) is 0.593. The molecule has 0 aromatic heterocycles. The molecule has 3 fully saturated rings. The predicted molar refractivity (Wildman–Crippen MR) is 144 cm³/mol. The Morgan fingerprint density at radius 2 is 1.86 bits per heavy atom. The van der Waals surface area contributed by atoms with Gasteiger partial charge < -0.3 is 29.6 Å². The van der Waals surface area contributed by atoms with Crippen LogP contribution in [0.25, 0.3) is 0 Å². The number of fused-ring (bicyclic) bond motifs is 1. The Balaban J connectivity index is 1.73. The lowest BCUT2D eigenvalue weighted by Crippen LogP contribution is -2.57. The fourth-order valence-corrected chi connectivity index (χ4v) is 7.30. The van der Waals surface area contributed by atoms with E-state index in [0.717, 1.165) is 18.8 Å². The number of rotatable bonds is 12. The lowest BCUT2D eigenvalue weighted by Gasteiger charge is -2.37. The summed E-state index contributed by atoms with van der Waals surface area (Å²) in [6.45, 7) is 10.2. The molecular weight excluding hydrogens is 542 g/mol. The molecule has 2 amide bonds. The summed E-state index contributed by atoms with van der Waals surface area (Å²) in [4.78, 5) is 45.3. The summed E-state index contributed by atoms with van der Waals surface area (Å²) < 4.78 is 6.34. The molecule has 10 heteroatoms. The van der Waals surface area contributed by atoms with E-state index < -0.39 is 35.6 Å². The van der Waals surface area contributed by atoms with Crippen LogP contribution in [0.5, 0.6) is 0 Å². The Morgan fingerprint density at radius 3 is 2.43 bits per heavy atom. The van der Waals surface area contributed by atoms with Crippen molar-refractivity contribution in [3.8, 4) is 0 Å². The van der Waals surface area contributed by atoms with Crippen LogP contribution in [-0.2, 0) is 19.1 Å². The monoisotopic (exact) mass is 577 g/mol. The van der Waals surface area contributed by atoms with Crippen LogP contribution in [0, 0.1) is 11.8 Å². The first-order valence-electron chi connectivity index (χ1n) is 13.0. The number of halogens is 1. The third-order valence-corrected chi connectivity index (χ3v) is 8.83. The van der Waals surface area contributed by atoms with Crippen molar-refractivity contribution >= 4 is 45.1 Å². The number of hydrogen-bond donors (Lipinski definition) is 2. The average molecular weight is 579 g/mol. The van der Waals surface area contributed by atoms with E-state index in [4.69, 9.17) is 4.74 Å². The van der Waals surface area contributed by atoms with Crippen LogP contribution in [0.3, 0.4) is 0 Å². The molecule has 3 aliphatic rings. The number of anilines is 2. The minimum atomic E-state index is -1.23. The highest BCUT2D eigenvalue weighted by atomic mass is 79.9. The van der Waals surface area contributed by atoms with E-state index in [9.17, 15) is 24.6 Å². The highest BCUT2D eigenvalue weighted by molar-refractivity contribution is 9.09. The van der Waals surface area contributed by atoms with Crippen LogP contribution in [0.1, 0.15) is 33.1 Å². The minimum Gasteiger partial charge on any atom is -0.481 e. The molecule has 4 rings (SSSR count). The van der Waals surface area contributed by atoms with E-state index in [1.807, 2.05) is 24.3 Å². The van der Waals surface area contributed by atoms with Gasteiger partial charge in [0, 0.05) is 49.0 Å². The van der Waals surface area contributed by atoms with Crippen molar-refractivity contribution < 1.29 is 29.3 Å². The van der Waals surface area contributed by atoms with Gasteiger partial charge in [0.25, 0.3) is 5.91 Å². The van der Waals surface area contributed by atoms with Crippen LogP contribution < -0.4 is 9.80 Å². The number of unbranched alkanes of at least 4 members (excludes halogenated alkanes) is 1. The van der Waals surface area contributed by atoms with Crippen molar-refractivity contribution in [2.45, 2.75) is 55.7 Å². The standard InChI is InChI=1S/C27H36BrN3O6/c1-4-13-30(18-11-9-17(10-12-18)29(5-2)6-3)25(34)23-27-16-19(28)22(37-27)20(26(35)36)21(27)24(33)31(23)14-7-8-15-32/h4,9-12,19-23,32H,1,5-8,13-16H2,2-3H3,(H,35,36)/t19?,20-,21+,22-,23-,27+/m1/s1. The zero-order chi connectivity index (χ0) is 26.9. The maximum absolute atomic E-state index is 14.3. The summed E-state index contributed by atoms with van der Waals surface area (Å²) in [6, 6.07) is 6.74. The molecule has 2 N–H and O–H groups in total. The molecular formula is C27H36BrN3O6. The van der Waals surface area contributed by atoms with E-state index in [2.05, 4.69) is 41.3 Å². The molecule has 6 atom stereocenters. The van der Waals surface area contributed by atoms with Crippen LogP contribution in [0.2, 0.25) is 0 Å². The Bertz CT molecular complexity index is 1030. The Hall–Kier alpha value is -2.43. The quantitative estimate of drug-likeness (QED) is 0.223. The number of amides is 2. The van der Waals surface area contributed by atoms with Gasteiger partial charge in [-0.1, -0.05) is 22.0 Å². The van der Waals surface area contributed by atoms with E-state index in [-0.39, 0.29) is 36.3 Å². The average Bonchev–Trinajstić information content (AvgIpc) is 3.47. The molecule has 1 aromatic rings. The number of aliphatic carboxylic acids is 1. The maximum atomic E-state index is 14.3. The van der Waals surface area contributed by atoms with Gasteiger partial charge in [0.1, 0.15) is 11.6 Å². The summed E-state index contributed by atoms with van der Waals surface area (Å²) >= 11 is 3.57. The number of carbonyl (C=O) groups excluding carboxylic acids is 2. The molecule has 202 valence electrons. The lowest BCUT2D eigenvalue weighted by molar-refractivity contribution is -0.149. The van der Waals surface area contributed by atoms with Gasteiger partial charge in [0.15, 0.2) is 0 Å². The van der Waals surface area contributed by atoms with E-state index in [0.29, 0.717) is 24.9 Å². The Morgan fingerprint density at radius 1 is 1.22 bits per heavy atom. The van der Waals surface area contributed by atoms with Crippen molar-refractivity contribution in [2.24, 2.45) is 11.8 Å². The number of aliphatic hydroxyl groups is 1. The minimum absolute atomic E-state index is 0.0313. The molecule has 37 heavy (non-hydrogen) atoms. The summed E-state index contributed by atoms with van der Waals surface area (Å²) in [7, 11) is 0. The molecule has 9 nitrogen and oxygen atoms in total. The second-order valence-electron chi connectivity index (χ2n) is 9.89. The van der Waals surface area contributed by atoms with Crippen molar-refractivity contribution in [1.29, 1.82) is 0 Å². The van der Waals surface area contributed by atoms with Crippen molar-refractivity contribution in [2.75, 3.05) is 42.6 Å². The van der Waals surface area contributed by atoms with Gasteiger partial charge in [-0.2, -0.15) is 0 Å². The second-order valence-corrected chi connectivity index (χ2v) is 11.1. The van der Waals surface area contributed by atoms with Gasteiger partial charge in [-0.3, -0.25) is 14.4 Å². The maximum Gasteiger partial charge on any atom is 0.310 e. The number of carbonyl (C=O) groups is 3. The van der Waals surface area contributed by atoms with Crippen LogP contribution >= 0.6 is 15.9 Å². The number of carboxylic acids is 1. The normalized spacial score (nSPS) is 29.9. The highest BCUT2D eigenvalue weighted by Crippen LogP contribution is 2.60. The number of alkyl halides is 1. The zero-order valence-electron chi connectivity index (χ0n) is 21.4. The Labute approximate surface area is 226 Å². The summed E-state index contributed by atoms with van der Waals surface area (Å²) in [5.74, 6) is -3.72. The number of hydrogen-bond acceptors (Lipinski definition) is 6. The van der Waals surface area contributed by atoms with Crippen LogP contribution in [0.15, 0.2) is 36.9 Å². The first-order valence-corrected chi connectivity index (χ1v) is 13.9. The highest BCUT2D eigenvalue weighted by Gasteiger charge is 2.76. The summed E-state index contributed by atoms with van der Waals surface area (Å²) in [6.07, 6.45) is 2.29. The fourth-order valence-electron chi connectivity index (χ4n) is 6.36. The van der Waals surface area contributed by atoms with Crippen molar-refractivity contribution in [1.82, 2.24) is 4.90 Å². The first-order chi connectivity index (χ1) is 17.7. The van der Waals surface area contributed by atoms with Crippen LogP contribution in [0.4, 0.5) is 11.4 Å². The van der Waals surface area contributed by atoms with Gasteiger partial charge in [-0.25, -0.2) is 0 Å². The topological polar surface area (TPSA) is 111 Å². The van der Waals surface area contributed by atoms with Crippen molar-refractivity contribution in [3.05, 3.63) is 36.9 Å². The number of aliphatic hydroxyl groups excluding tert-OH is 1. The Kier molecular flexibility index (Phi) is 8.30. The molecule has 3 aliphatic heterocycles. The number of carboxylic acid groups (broad SMARTS) is 1. The summed E-state index contributed by atoms with van der Waals surface area (Å²) in [5.41, 5.74) is 0.487. The van der Waals surface area contributed by atoms with E-state index in [1.165, 1.54) is 4.90 Å². The van der Waals surface area contributed by atoms with Gasteiger partial charge in [0.05, 0.1) is 17.9 Å². The van der Waals surface area contributed by atoms with Gasteiger partial charge in [-0.05, 0) is 57.4 Å². The van der Waals surface area contributed by atoms with Gasteiger partial charge >= 0.3 is 5.97 Å². The number of nitrogens with zero attached hydrogens (tertiary/aromatic N) is 3. The number of benzene rings is 1. The molecule has 3 saturated heterocycles. The molecule has 1 aromatic carbocycles. The molecule has 1 spiro atoms. The molecule has 0 radical (unpaired) electrons. The molecule has 1 unspecified atom stereocenters. The largest absolute Gasteiger partial charge is 0.481 e.